The summed E-state index contributed by atoms with van der Waals surface area (Å²) in [5, 5.41) is 26.6. The predicted octanol–water partition coefficient (Wildman–Crippen LogP) is 4.04. The van der Waals surface area contributed by atoms with E-state index in [4.69, 9.17) is 34.8 Å². The Morgan fingerprint density at radius 3 is 1.74 bits per heavy atom. The Kier molecular flexibility index (Phi) is 6.42. The van der Waals surface area contributed by atoms with E-state index in [1.165, 1.54) is 48.5 Å². The molecule has 0 aliphatic heterocycles. The number of halogens is 3. The Hall–Kier alpha value is -2.62. The molecule has 1 amide bonds. The second-order valence-corrected chi connectivity index (χ2v) is 7.57. The fourth-order valence-electron chi connectivity index (χ4n) is 1.99. The van der Waals surface area contributed by atoms with Crippen LogP contribution in [0.5, 0.6) is 0 Å². The average molecular weight is 434 g/mol. The number of benzene rings is 2. The van der Waals surface area contributed by atoms with Gasteiger partial charge in [0.2, 0.25) is 3.79 Å². The number of hydrogen-bond donors (Lipinski definition) is 2. The van der Waals surface area contributed by atoms with Crippen LogP contribution in [0.15, 0.2) is 48.5 Å². The normalized spacial score (nSPS) is 12.1. The van der Waals surface area contributed by atoms with Gasteiger partial charge in [0, 0.05) is 35.5 Å². The first-order valence-electron chi connectivity index (χ1n) is 7.21. The molecular formula is C15H11Cl3N4O5. The minimum Gasteiger partial charge on any atom is -0.362 e. The molecule has 142 valence electrons. The van der Waals surface area contributed by atoms with Crippen molar-refractivity contribution >= 4 is 57.8 Å². The first kappa shape index (κ1) is 20.7. The Morgan fingerprint density at radius 2 is 1.33 bits per heavy atom. The Balaban J connectivity index is 2.15. The number of hydrogen-bond acceptors (Lipinski definition) is 6. The molecule has 0 aliphatic carbocycles. The molecule has 0 bridgehead atoms. The monoisotopic (exact) mass is 432 g/mol. The van der Waals surface area contributed by atoms with E-state index in [9.17, 15) is 25.0 Å². The number of carbonyl (C=O) groups is 1. The number of anilines is 1. The number of nitro benzene ring substituents is 2. The molecule has 0 heterocycles. The van der Waals surface area contributed by atoms with Crippen LogP contribution >= 0.6 is 34.8 Å². The Morgan fingerprint density at radius 1 is 0.889 bits per heavy atom. The number of nitrogens with zero attached hydrogens (tertiary/aromatic N) is 2. The van der Waals surface area contributed by atoms with Gasteiger partial charge in [-0.2, -0.15) is 0 Å². The minimum atomic E-state index is -1.96. The molecular weight excluding hydrogens is 423 g/mol. The summed E-state index contributed by atoms with van der Waals surface area (Å²) in [6.45, 7) is 0. The number of carbonyl (C=O) groups excluding carboxylic acids is 1. The standard InChI is InChI=1S/C15H11Cl3N4O5/c16-15(17,18)14(19-10-3-7-12(8-4-10)22(26)27)20-13(23)9-1-5-11(6-2-9)21(24)25/h1-8,14,19H,(H,20,23)/t14-/m1/s1. The van der Waals surface area contributed by atoms with Crippen LogP contribution in [0.3, 0.4) is 0 Å². The average Bonchev–Trinajstić information content (AvgIpc) is 2.60. The van der Waals surface area contributed by atoms with E-state index < -0.39 is 25.7 Å². The molecule has 0 aromatic heterocycles. The summed E-state index contributed by atoms with van der Waals surface area (Å²) in [5.41, 5.74) is 0.181. The van der Waals surface area contributed by atoms with E-state index in [1.807, 2.05) is 0 Å². The van der Waals surface area contributed by atoms with Gasteiger partial charge in [-0.1, -0.05) is 34.8 Å². The SMILES string of the molecule is O=C(N[C@@H](Nc1ccc([N+](=O)[O-])cc1)C(Cl)(Cl)Cl)c1ccc([N+](=O)[O-])cc1. The van der Waals surface area contributed by atoms with Crippen molar-refractivity contribution in [1.82, 2.24) is 5.32 Å². The van der Waals surface area contributed by atoms with Crippen LogP contribution < -0.4 is 10.6 Å². The quantitative estimate of drug-likeness (QED) is 0.306. The van der Waals surface area contributed by atoms with Gasteiger partial charge in [-0.3, -0.25) is 25.0 Å². The van der Waals surface area contributed by atoms with Gasteiger partial charge in [0.1, 0.15) is 6.17 Å². The largest absolute Gasteiger partial charge is 0.362 e. The highest BCUT2D eigenvalue weighted by Crippen LogP contribution is 2.31. The molecule has 0 unspecified atom stereocenters. The van der Waals surface area contributed by atoms with Gasteiger partial charge in [-0.15, -0.1) is 0 Å². The van der Waals surface area contributed by atoms with Crippen molar-refractivity contribution in [3.05, 3.63) is 74.3 Å². The molecule has 1 atom stereocenters. The Bertz CT molecular complexity index is 853. The lowest BCUT2D eigenvalue weighted by Gasteiger charge is -2.27. The number of alkyl halides is 3. The van der Waals surface area contributed by atoms with Crippen molar-refractivity contribution in [2.24, 2.45) is 0 Å². The number of non-ortho nitro benzene ring substituents is 2. The summed E-state index contributed by atoms with van der Waals surface area (Å²) >= 11 is 17.7. The molecule has 0 radical (unpaired) electrons. The van der Waals surface area contributed by atoms with Gasteiger partial charge in [0.25, 0.3) is 17.3 Å². The van der Waals surface area contributed by atoms with E-state index in [0.717, 1.165) is 0 Å². The highest BCUT2D eigenvalue weighted by molar-refractivity contribution is 6.68. The van der Waals surface area contributed by atoms with Crippen LogP contribution in [0.2, 0.25) is 0 Å². The molecule has 0 spiro atoms. The van der Waals surface area contributed by atoms with Crippen molar-refractivity contribution in [2.75, 3.05) is 5.32 Å². The summed E-state index contributed by atoms with van der Waals surface area (Å²) in [7, 11) is 0. The number of rotatable bonds is 6. The fraction of sp³-hybridized carbons (Fsp3) is 0.133. The first-order valence-corrected chi connectivity index (χ1v) is 8.34. The lowest BCUT2D eigenvalue weighted by Crippen LogP contribution is -2.49. The molecule has 2 rings (SSSR count). The molecule has 2 N–H and O–H groups in total. The fourth-order valence-corrected chi connectivity index (χ4v) is 2.32. The van der Waals surface area contributed by atoms with E-state index in [2.05, 4.69) is 10.6 Å². The molecule has 0 aliphatic rings. The number of nitrogens with one attached hydrogen (secondary N) is 2. The van der Waals surface area contributed by atoms with Crippen molar-refractivity contribution in [3.8, 4) is 0 Å². The zero-order valence-electron chi connectivity index (χ0n) is 13.3. The zero-order chi connectivity index (χ0) is 20.2. The van der Waals surface area contributed by atoms with E-state index in [-0.39, 0.29) is 16.9 Å². The summed E-state index contributed by atoms with van der Waals surface area (Å²) in [4.78, 5) is 32.5. The molecule has 0 fully saturated rings. The maximum absolute atomic E-state index is 12.3. The zero-order valence-corrected chi connectivity index (χ0v) is 15.5. The third-order valence-electron chi connectivity index (χ3n) is 3.33. The van der Waals surface area contributed by atoms with Crippen molar-refractivity contribution in [2.45, 2.75) is 9.96 Å². The van der Waals surface area contributed by atoms with Crippen LogP contribution in [0.1, 0.15) is 10.4 Å². The van der Waals surface area contributed by atoms with Crippen LogP contribution in [0.4, 0.5) is 17.1 Å². The smallest absolute Gasteiger partial charge is 0.269 e. The predicted molar refractivity (Wildman–Crippen MR) is 101 cm³/mol. The van der Waals surface area contributed by atoms with E-state index in [1.54, 1.807) is 0 Å². The summed E-state index contributed by atoms with van der Waals surface area (Å²) in [5.74, 6) is -0.643. The lowest BCUT2D eigenvalue weighted by molar-refractivity contribution is -0.385. The molecule has 12 heteroatoms. The van der Waals surface area contributed by atoms with Crippen LogP contribution in [0.25, 0.3) is 0 Å². The second kappa shape index (κ2) is 8.38. The minimum absolute atomic E-state index is 0.116. The molecule has 0 saturated carbocycles. The van der Waals surface area contributed by atoms with Crippen LogP contribution in [-0.4, -0.2) is 25.7 Å². The lowest BCUT2D eigenvalue weighted by atomic mass is 10.2. The third kappa shape index (κ3) is 5.68. The van der Waals surface area contributed by atoms with E-state index in [0.29, 0.717) is 5.69 Å². The summed E-state index contributed by atoms with van der Waals surface area (Å²) in [6.07, 6.45) is -1.19. The maximum atomic E-state index is 12.3. The second-order valence-electron chi connectivity index (χ2n) is 5.20. The maximum Gasteiger partial charge on any atom is 0.269 e. The molecule has 0 saturated heterocycles. The van der Waals surface area contributed by atoms with Crippen LogP contribution in [0, 0.1) is 20.2 Å². The third-order valence-corrected chi connectivity index (χ3v) is 3.99. The topological polar surface area (TPSA) is 127 Å². The van der Waals surface area contributed by atoms with Gasteiger partial charge in [0.15, 0.2) is 0 Å². The summed E-state index contributed by atoms with van der Waals surface area (Å²) in [6, 6.07) is 10.1. The Labute approximate surface area is 167 Å². The van der Waals surface area contributed by atoms with Gasteiger partial charge >= 0.3 is 0 Å². The molecule has 2 aromatic carbocycles. The number of amides is 1. The van der Waals surface area contributed by atoms with Gasteiger partial charge < -0.3 is 10.6 Å². The highest BCUT2D eigenvalue weighted by Gasteiger charge is 2.34. The molecule has 2 aromatic rings. The molecule has 9 nitrogen and oxygen atoms in total. The van der Waals surface area contributed by atoms with E-state index >= 15 is 0 Å². The number of nitro groups is 2. The van der Waals surface area contributed by atoms with Crippen molar-refractivity contribution in [3.63, 3.8) is 0 Å². The summed E-state index contributed by atoms with van der Waals surface area (Å²) < 4.78 is -1.96. The van der Waals surface area contributed by atoms with Crippen molar-refractivity contribution < 1.29 is 14.6 Å². The van der Waals surface area contributed by atoms with Crippen molar-refractivity contribution in [1.29, 1.82) is 0 Å². The highest BCUT2D eigenvalue weighted by atomic mass is 35.6. The van der Waals surface area contributed by atoms with Gasteiger partial charge in [-0.05, 0) is 24.3 Å². The van der Waals surface area contributed by atoms with Crippen LogP contribution in [-0.2, 0) is 0 Å². The molecule has 27 heavy (non-hydrogen) atoms. The van der Waals surface area contributed by atoms with Gasteiger partial charge in [0.05, 0.1) is 9.85 Å². The van der Waals surface area contributed by atoms with Gasteiger partial charge in [-0.25, -0.2) is 0 Å². The first-order chi connectivity index (χ1) is 12.6.